The summed E-state index contributed by atoms with van der Waals surface area (Å²) in [5.74, 6) is 1.46. The van der Waals surface area contributed by atoms with Gasteiger partial charge in [0.25, 0.3) is 0 Å². The molecule has 1 saturated carbocycles. The number of rotatable bonds is 3. The van der Waals surface area contributed by atoms with Crippen molar-refractivity contribution in [1.29, 1.82) is 0 Å². The molecule has 0 aliphatic heterocycles. The number of hydrogen-bond acceptors (Lipinski definition) is 0. The molecule has 1 aliphatic carbocycles. The minimum absolute atomic E-state index is 0.725. The van der Waals surface area contributed by atoms with Gasteiger partial charge in [0.05, 0.1) is 0 Å². The van der Waals surface area contributed by atoms with Crippen LogP contribution in [0.25, 0.3) is 6.08 Å². The third-order valence-electron chi connectivity index (χ3n) is 3.92. The molecule has 0 radical (unpaired) electrons. The summed E-state index contributed by atoms with van der Waals surface area (Å²) in [5, 5.41) is 0. The average molecular weight is 248 g/mol. The maximum Gasteiger partial charge on any atom is -0.00929 e. The van der Waals surface area contributed by atoms with Crippen LogP contribution in [-0.4, -0.2) is 0 Å². The van der Waals surface area contributed by atoms with Crippen molar-refractivity contribution in [2.24, 2.45) is 5.92 Å². The van der Waals surface area contributed by atoms with Gasteiger partial charge in [0.1, 0.15) is 0 Å². The number of hydrogen-bond donors (Lipinski definition) is 0. The molecular weight excluding hydrogens is 228 g/mol. The normalized spacial score (nSPS) is 21.8. The largest absolute Gasteiger partial charge is 0.0802 e. The van der Waals surface area contributed by atoms with Crippen LogP contribution in [0.2, 0.25) is 0 Å². The minimum Gasteiger partial charge on any atom is -0.0802 e. The molecule has 0 heteroatoms. The van der Waals surface area contributed by atoms with Gasteiger partial charge in [-0.3, -0.25) is 0 Å². The van der Waals surface area contributed by atoms with Crippen molar-refractivity contribution >= 4 is 6.08 Å². The van der Waals surface area contributed by atoms with E-state index < -0.39 is 0 Å². The van der Waals surface area contributed by atoms with E-state index in [2.05, 4.69) is 74.5 Å². The van der Waals surface area contributed by atoms with Gasteiger partial charge in [-0.2, -0.15) is 0 Å². The molecule has 0 saturated heterocycles. The van der Waals surface area contributed by atoms with Crippen LogP contribution in [0.15, 0.2) is 54.6 Å². The van der Waals surface area contributed by atoms with Gasteiger partial charge in [0.2, 0.25) is 0 Å². The minimum atomic E-state index is 0.725. The summed E-state index contributed by atoms with van der Waals surface area (Å²) in [4.78, 5) is 0. The molecule has 0 unspecified atom stereocenters. The quantitative estimate of drug-likeness (QED) is 0.707. The summed E-state index contributed by atoms with van der Waals surface area (Å²) in [7, 11) is 0. The Balaban J connectivity index is 1.66. The highest BCUT2D eigenvalue weighted by Crippen LogP contribution is 2.48. The standard InChI is InChI=1S/C19H20/c1-14-6-9-17(10-7-14)19-13-18(19)11-8-16-5-3-4-15(2)12-16/h3-12,18-19H,13H2,1-2H3/b11-8+/t18-,19-/m0/s1. The van der Waals surface area contributed by atoms with Crippen molar-refractivity contribution in [3.8, 4) is 0 Å². The molecule has 96 valence electrons. The third-order valence-corrected chi connectivity index (χ3v) is 3.92. The van der Waals surface area contributed by atoms with Crippen LogP contribution in [-0.2, 0) is 0 Å². The van der Waals surface area contributed by atoms with Crippen molar-refractivity contribution in [1.82, 2.24) is 0 Å². The molecule has 2 aromatic carbocycles. The zero-order valence-electron chi connectivity index (χ0n) is 11.6. The first kappa shape index (κ1) is 12.2. The number of benzene rings is 2. The summed E-state index contributed by atoms with van der Waals surface area (Å²) in [5.41, 5.74) is 5.48. The Bertz CT molecular complexity index is 590. The molecule has 0 N–H and O–H groups in total. The predicted octanol–water partition coefficient (Wildman–Crippen LogP) is 5.12. The SMILES string of the molecule is Cc1ccc([C@@H]2C[C@@H]2/C=C/c2cccc(C)c2)cc1. The van der Waals surface area contributed by atoms with Gasteiger partial charge in [-0.15, -0.1) is 0 Å². The molecule has 0 aromatic heterocycles. The Hall–Kier alpha value is -1.82. The van der Waals surface area contributed by atoms with Crippen molar-refractivity contribution < 1.29 is 0 Å². The molecule has 3 rings (SSSR count). The molecule has 0 nitrogen and oxygen atoms in total. The summed E-state index contributed by atoms with van der Waals surface area (Å²) < 4.78 is 0. The average Bonchev–Trinajstić information content (AvgIpc) is 3.17. The molecule has 0 heterocycles. The number of allylic oxidation sites excluding steroid dienone is 1. The molecule has 19 heavy (non-hydrogen) atoms. The van der Waals surface area contributed by atoms with E-state index in [0.717, 1.165) is 11.8 Å². The lowest BCUT2D eigenvalue weighted by Crippen LogP contribution is -1.82. The van der Waals surface area contributed by atoms with Crippen LogP contribution in [0.5, 0.6) is 0 Å². The maximum absolute atomic E-state index is 2.37. The van der Waals surface area contributed by atoms with Crippen LogP contribution < -0.4 is 0 Å². The van der Waals surface area contributed by atoms with E-state index in [1.54, 1.807) is 0 Å². The van der Waals surface area contributed by atoms with E-state index in [1.165, 1.54) is 28.7 Å². The van der Waals surface area contributed by atoms with Crippen molar-refractivity contribution in [3.05, 3.63) is 76.9 Å². The molecule has 0 spiro atoms. The smallest absolute Gasteiger partial charge is 0.00929 e. The zero-order valence-corrected chi connectivity index (χ0v) is 11.6. The van der Waals surface area contributed by atoms with E-state index in [0.29, 0.717) is 0 Å². The molecule has 0 bridgehead atoms. The second-order valence-corrected chi connectivity index (χ2v) is 5.69. The van der Waals surface area contributed by atoms with E-state index in [4.69, 9.17) is 0 Å². The summed E-state index contributed by atoms with van der Waals surface area (Å²) >= 11 is 0. The van der Waals surface area contributed by atoms with Gasteiger partial charge >= 0.3 is 0 Å². The third kappa shape index (κ3) is 2.96. The monoisotopic (exact) mass is 248 g/mol. The Morgan fingerprint density at radius 1 is 0.947 bits per heavy atom. The van der Waals surface area contributed by atoms with E-state index >= 15 is 0 Å². The lowest BCUT2D eigenvalue weighted by atomic mass is 10.1. The Morgan fingerprint density at radius 3 is 2.47 bits per heavy atom. The highest BCUT2D eigenvalue weighted by molar-refractivity contribution is 5.51. The second kappa shape index (κ2) is 5.05. The van der Waals surface area contributed by atoms with E-state index in [-0.39, 0.29) is 0 Å². The van der Waals surface area contributed by atoms with Gasteiger partial charge in [-0.1, -0.05) is 71.8 Å². The molecule has 2 atom stereocenters. The van der Waals surface area contributed by atoms with Gasteiger partial charge in [-0.05, 0) is 43.2 Å². The fraction of sp³-hybridized carbons (Fsp3) is 0.263. The van der Waals surface area contributed by atoms with Gasteiger partial charge in [0, 0.05) is 0 Å². The van der Waals surface area contributed by atoms with E-state index in [1.807, 2.05) is 0 Å². The molecule has 0 amide bonds. The lowest BCUT2D eigenvalue weighted by Gasteiger charge is -1.99. The summed E-state index contributed by atoms with van der Waals surface area (Å²) in [6.45, 7) is 4.29. The van der Waals surface area contributed by atoms with E-state index in [9.17, 15) is 0 Å². The van der Waals surface area contributed by atoms with Gasteiger partial charge in [0.15, 0.2) is 0 Å². The first-order chi connectivity index (χ1) is 9.22. The van der Waals surface area contributed by atoms with Crippen molar-refractivity contribution in [2.45, 2.75) is 26.2 Å². The Kier molecular flexibility index (Phi) is 3.25. The highest BCUT2D eigenvalue weighted by Gasteiger charge is 2.35. The molecular formula is C19H20. The predicted molar refractivity (Wildman–Crippen MR) is 82.2 cm³/mol. The first-order valence-corrected chi connectivity index (χ1v) is 7.04. The fourth-order valence-electron chi connectivity index (χ4n) is 2.63. The zero-order chi connectivity index (χ0) is 13.2. The van der Waals surface area contributed by atoms with Gasteiger partial charge < -0.3 is 0 Å². The van der Waals surface area contributed by atoms with Crippen LogP contribution >= 0.6 is 0 Å². The maximum atomic E-state index is 2.37. The summed E-state index contributed by atoms with van der Waals surface area (Å²) in [6.07, 6.45) is 5.94. The van der Waals surface area contributed by atoms with Gasteiger partial charge in [-0.25, -0.2) is 0 Å². The van der Waals surface area contributed by atoms with Crippen molar-refractivity contribution in [3.63, 3.8) is 0 Å². The van der Waals surface area contributed by atoms with Crippen molar-refractivity contribution in [2.75, 3.05) is 0 Å². The summed E-state index contributed by atoms with van der Waals surface area (Å²) in [6, 6.07) is 17.7. The molecule has 2 aromatic rings. The topological polar surface area (TPSA) is 0 Å². The van der Waals surface area contributed by atoms with Crippen LogP contribution in [0.1, 0.15) is 34.6 Å². The fourth-order valence-corrected chi connectivity index (χ4v) is 2.63. The van der Waals surface area contributed by atoms with Crippen LogP contribution in [0, 0.1) is 19.8 Å². The second-order valence-electron chi connectivity index (χ2n) is 5.69. The molecule has 1 aliphatic rings. The van der Waals surface area contributed by atoms with Crippen LogP contribution in [0.3, 0.4) is 0 Å². The Morgan fingerprint density at radius 2 is 1.74 bits per heavy atom. The first-order valence-electron chi connectivity index (χ1n) is 7.04. The number of aryl methyl sites for hydroxylation is 2. The highest BCUT2D eigenvalue weighted by atomic mass is 14.4. The lowest BCUT2D eigenvalue weighted by molar-refractivity contribution is 1.01. The Labute approximate surface area is 115 Å². The van der Waals surface area contributed by atoms with Crippen LogP contribution in [0.4, 0.5) is 0 Å². The molecule has 1 fully saturated rings.